The van der Waals surface area contributed by atoms with Gasteiger partial charge in [0.05, 0.1) is 10.6 Å². The third-order valence-corrected chi connectivity index (χ3v) is 4.68. The van der Waals surface area contributed by atoms with Crippen LogP contribution in [0.15, 0.2) is 36.5 Å². The normalized spacial score (nSPS) is 15.7. The largest absolute Gasteiger partial charge is 0.417 e. The Hall–Kier alpha value is -2.35. The molecule has 2 heterocycles. The lowest BCUT2D eigenvalue weighted by Crippen LogP contribution is -2.38. The highest BCUT2D eigenvalue weighted by molar-refractivity contribution is 6.33. The third kappa shape index (κ3) is 4.68. The first-order chi connectivity index (χ1) is 12.7. The number of nitrogens with zero attached hydrogens (tertiary/aromatic N) is 2. The number of carbonyl (C=O) groups excluding carboxylic acids is 1. The maximum Gasteiger partial charge on any atom is 0.417 e. The van der Waals surface area contributed by atoms with Crippen LogP contribution in [0.5, 0.6) is 0 Å². The van der Waals surface area contributed by atoms with Crippen LogP contribution in [0, 0.1) is 11.7 Å². The van der Waals surface area contributed by atoms with Crippen molar-refractivity contribution in [1.82, 2.24) is 4.98 Å². The average Bonchev–Trinajstić information content (AvgIpc) is 2.61. The van der Waals surface area contributed by atoms with Crippen LogP contribution in [0.3, 0.4) is 0 Å². The number of amides is 1. The summed E-state index contributed by atoms with van der Waals surface area (Å²) in [5.41, 5.74) is -0.518. The lowest BCUT2D eigenvalue weighted by Gasteiger charge is -2.32. The van der Waals surface area contributed by atoms with Crippen molar-refractivity contribution in [2.24, 2.45) is 5.92 Å². The Balaban J connectivity index is 1.61. The first-order valence-electron chi connectivity index (χ1n) is 8.28. The fourth-order valence-electron chi connectivity index (χ4n) is 2.98. The molecule has 0 unspecified atom stereocenters. The van der Waals surface area contributed by atoms with Crippen LogP contribution in [0.25, 0.3) is 0 Å². The number of carbonyl (C=O) groups is 1. The molecular formula is C18H16ClF4N3O. The highest BCUT2D eigenvalue weighted by Crippen LogP contribution is 2.34. The van der Waals surface area contributed by atoms with Gasteiger partial charge in [-0.1, -0.05) is 17.7 Å². The zero-order chi connectivity index (χ0) is 19.6. The molecule has 0 atom stereocenters. The van der Waals surface area contributed by atoms with Crippen LogP contribution in [-0.2, 0) is 11.0 Å². The van der Waals surface area contributed by atoms with Gasteiger partial charge in [-0.2, -0.15) is 13.2 Å². The maximum atomic E-state index is 13.2. The van der Waals surface area contributed by atoms with E-state index < -0.39 is 17.6 Å². The molecule has 1 aromatic carbocycles. The molecule has 27 heavy (non-hydrogen) atoms. The molecule has 3 rings (SSSR count). The summed E-state index contributed by atoms with van der Waals surface area (Å²) in [5, 5.41) is 2.60. The molecule has 144 valence electrons. The molecule has 1 saturated heterocycles. The average molecular weight is 402 g/mol. The smallest absolute Gasteiger partial charge is 0.355 e. The predicted octanol–water partition coefficient (Wildman–Crippen LogP) is 4.75. The molecule has 1 aromatic heterocycles. The number of pyridine rings is 1. The summed E-state index contributed by atoms with van der Waals surface area (Å²) < 4.78 is 51.3. The van der Waals surface area contributed by atoms with Gasteiger partial charge in [0.15, 0.2) is 0 Å². The van der Waals surface area contributed by atoms with Gasteiger partial charge in [0, 0.05) is 30.9 Å². The molecule has 4 nitrogen and oxygen atoms in total. The molecule has 0 saturated carbocycles. The lowest BCUT2D eigenvalue weighted by molar-refractivity contribution is -0.137. The fraction of sp³-hybridized carbons (Fsp3) is 0.333. The van der Waals surface area contributed by atoms with E-state index in [1.807, 2.05) is 0 Å². The van der Waals surface area contributed by atoms with Crippen LogP contribution < -0.4 is 10.2 Å². The third-order valence-electron chi connectivity index (χ3n) is 4.41. The first-order valence-corrected chi connectivity index (χ1v) is 8.66. The Morgan fingerprint density at radius 2 is 1.93 bits per heavy atom. The number of aromatic nitrogens is 1. The molecule has 9 heteroatoms. The van der Waals surface area contributed by atoms with Crippen LogP contribution in [-0.4, -0.2) is 24.0 Å². The van der Waals surface area contributed by atoms with Gasteiger partial charge in [0.25, 0.3) is 0 Å². The van der Waals surface area contributed by atoms with Gasteiger partial charge in [0.2, 0.25) is 5.91 Å². The molecular weight excluding hydrogens is 386 g/mol. The minimum absolute atomic E-state index is 0.0764. The summed E-state index contributed by atoms with van der Waals surface area (Å²) in [6.45, 7) is 0.860. The Labute approximate surface area is 158 Å². The Morgan fingerprint density at radius 1 is 1.22 bits per heavy atom. The van der Waals surface area contributed by atoms with E-state index in [4.69, 9.17) is 11.6 Å². The summed E-state index contributed by atoms with van der Waals surface area (Å²) >= 11 is 5.97. The van der Waals surface area contributed by atoms with E-state index in [0.717, 1.165) is 12.3 Å². The lowest BCUT2D eigenvalue weighted by atomic mass is 9.95. The summed E-state index contributed by atoms with van der Waals surface area (Å²) in [5.74, 6) is -0.663. The number of nitrogens with one attached hydrogen (secondary N) is 1. The number of rotatable bonds is 3. The molecule has 1 amide bonds. The minimum Gasteiger partial charge on any atom is -0.355 e. The second-order valence-corrected chi connectivity index (χ2v) is 6.70. The van der Waals surface area contributed by atoms with Crippen molar-refractivity contribution in [2.75, 3.05) is 23.3 Å². The monoisotopic (exact) mass is 401 g/mol. The Kier molecular flexibility index (Phi) is 5.55. The fourth-order valence-corrected chi connectivity index (χ4v) is 3.27. The predicted molar refractivity (Wildman–Crippen MR) is 94.2 cm³/mol. The van der Waals surface area contributed by atoms with Gasteiger partial charge in [-0.3, -0.25) is 4.79 Å². The van der Waals surface area contributed by atoms with Crippen molar-refractivity contribution in [3.8, 4) is 0 Å². The Morgan fingerprint density at radius 3 is 2.52 bits per heavy atom. The van der Waals surface area contributed by atoms with E-state index >= 15 is 0 Å². The van der Waals surface area contributed by atoms with E-state index in [9.17, 15) is 22.4 Å². The van der Waals surface area contributed by atoms with Gasteiger partial charge >= 0.3 is 6.18 Å². The van der Waals surface area contributed by atoms with Crippen LogP contribution >= 0.6 is 11.6 Å². The molecule has 2 aromatic rings. The second kappa shape index (κ2) is 7.72. The number of alkyl halides is 3. The number of anilines is 2. The van der Waals surface area contributed by atoms with Gasteiger partial charge < -0.3 is 10.2 Å². The molecule has 1 fully saturated rings. The topological polar surface area (TPSA) is 45.2 Å². The molecule has 1 N–H and O–H groups in total. The van der Waals surface area contributed by atoms with E-state index in [0.29, 0.717) is 31.6 Å². The molecule has 1 aliphatic rings. The Bertz CT molecular complexity index is 836. The first kappa shape index (κ1) is 19.4. The molecule has 0 radical (unpaired) electrons. The number of piperidine rings is 1. The molecule has 0 aliphatic carbocycles. The van der Waals surface area contributed by atoms with Gasteiger partial charge in [-0.15, -0.1) is 0 Å². The van der Waals surface area contributed by atoms with Crippen molar-refractivity contribution in [1.29, 1.82) is 0 Å². The van der Waals surface area contributed by atoms with Crippen molar-refractivity contribution in [3.63, 3.8) is 0 Å². The number of halogens is 5. The van der Waals surface area contributed by atoms with Gasteiger partial charge in [-0.05, 0) is 37.1 Å². The number of hydrogen-bond donors (Lipinski definition) is 1. The van der Waals surface area contributed by atoms with Crippen molar-refractivity contribution in [3.05, 3.63) is 52.9 Å². The second-order valence-electron chi connectivity index (χ2n) is 6.29. The van der Waals surface area contributed by atoms with Gasteiger partial charge in [-0.25, -0.2) is 9.37 Å². The molecule has 0 spiro atoms. The highest BCUT2D eigenvalue weighted by Gasteiger charge is 2.33. The van der Waals surface area contributed by atoms with Crippen LogP contribution in [0.2, 0.25) is 5.02 Å². The van der Waals surface area contributed by atoms with Crippen LogP contribution in [0.1, 0.15) is 18.4 Å². The SMILES string of the molecule is O=C(Nc1cccc(F)c1)C1CCN(c2ncc(C(F)(F)F)cc2Cl)CC1. The highest BCUT2D eigenvalue weighted by atomic mass is 35.5. The minimum atomic E-state index is -4.50. The maximum absolute atomic E-state index is 13.2. The van der Waals surface area contributed by atoms with Crippen molar-refractivity contribution in [2.45, 2.75) is 19.0 Å². The number of hydrogen-bond acceptors (Lipinski definition) is 3. The zero-order valence-corrected chi connectivity index (χ0v) is 14.8. The standard InChI is InChI=1S/C18H16ClF4N3O/c19-15-8-12(18(21,22)23)10-24-16(15)26-6-4-11(5-7-26)17(27)25-14-3-1-2-13(20)9-14/h1-3,8-11H,4-7H2,(H,25,27). The summed E-state index contributed by atoms with van der Waals surface area (Å²) in [6.07, 6.45) is -2.78. The zero-order valence-electron chi connectivity index (χ0n) is 14.1. The summed E-state index contributed by atoms with van der Waals surface area (Å²) in [6, 6.07) is 6.48. The van der Waals surface area contributed by atoms with E-state index in [1.165, 1.54) is 18.2 Å². The summed E-state index contributed by atoms with van der Waals surface area (Å²) in [7, 11) is 0. The van der Waals surface area contributed by atoms with Crippen molar-refractivity contribution >= 4 is 29.0 Å². The van der Waals surface area contributed by atoms with Crippen LogP contribution in [0.4, 0.5) is 29.1 Å². The van der Waals surface area contributed by atoms with E-state index in [-0.39, 0.29) is 22.7 Å². The van der Waals surface area contributed by atoms with Crippen molar-refractivity contribution < 1.29 is 22.4 Å². The van der Waals surface area contributed by atoms with E-state index in [1.54, 1.807) is 11.0 Å². The van der Waals surface area contributed by atoms with E-state index in [2.05, 4.69) is 10.3 Å². The molecule has 1 aliphatic heterocycles. The number of benzene rings is 1. The summed E-state index contributed by atoms with van der Waals surface area (Å²) in [4.78, 5) is 17.9. The molecule has 0 bridgehead atoms. The quantitative estimate of drug-likeness (QED) is 0.755. The van der Waals surface area contributed by atoms with Gasteiger partial charge in [0.1, 0.15) is 11.6 Å².